The van der Waals surface area contributed by atoms with Crippen molar-refractivity contribution in [2.24, 2.45) is 11.8 Å². The number of halogens is 1. The molecule has 0 aromatic heterocycles. The fourth-order valence-corrected chi connectivity index (χ4v) is 2.89. The second-order valence-electron chi connectivity index (χ2n) is 5.19. The molecule has 0 radical (unpaired) electrons. The predicted molar refractivity (Wildman–Crippen MR) is 76.2 cm³/mol. The topological polar surface area (TPSA) is 54.4 Å². The lowest BCUT2D eigenvalue weighted by molar-refractivity contribution is -0.143. The first-order chi connectivity index (χ1) is 9.06. The van der Waals surface area contributed by atoms with E-state index < -0.39 is 5.97 Å². The van der Waals surface area contributed by atoms with E-state index in [2.05, 4.69) is 15.9 Å². The molecular weight excluding hydrogens is 308 g/mol. The van der Waals surface area contributed by atoms with Gasteiger partial charge in [-0.15, -0.1) is 0 Å². The Labute approximate surface area is 121 Å². The summed E-state index contributed by atoms with van der Waals surface area (Å²) >= 11 is 3.35. The molecule has 19 heavy (non-hydrogen) atoms. The Morgan fingerprint density at radius 2 is 1.68 bits per heavy atom. The Hall–Kier alpha value is -1.16. The molecule has 1 fully saturated rings. The van der Waals surface area contributed by atoms with Crippen molar-refractivity contribution >= 4 is 27.7 Å². The van der Waals surface area contributed by atoms with Crippen LogP contribution in [0.15, 0.2) is 28.7 Å². The number of rotatable bonds is 4. The molecule has 1 aliphatic carbocycles. The van der Waals surface area contributed by atoms with Gasteiger partial charge in [0.15, 0.2) is 5.78 Å². The number of carboxylic acids is 1. The smallest absolute Gasteiger partial charge is 0.306 e. The van der Waals surface area contributed by atoms with Gasteiger partial charge in [-0.2, -0.15) is 0 Å². The van der Waals surface area contributed by atoms with Crippen molar-refractivity contribution in [1.29, 1.82) is 0 Å². The molecule has 0 amide bonds. The van der Waals surface area contributed by atoms with E-state index in [0.29, 0.717) is 25.2 Å². The molecule has 1 aliphatic rings. The molecule has 1 saturated carbocycles. The summed E-state index contributed by atoms with van der Waals surface area (Å²) in [6.07, 6.45) is 3.63. The van der Waals surface area contributed by atoms with Crippen molar-refractivity contribution in [3.8, 4) is 0 Å². The Balaban J connectivity index is 1.87. The van der Waals surface area contributed by atoms with Crippen LogP contribution in [-0.4, -0.2) is 16.9 Å². The molecule has 2 rings (SSSR count). The summed E-state index contributed by atoms with van der Waals surface area (Å²) in [6.45, 7) is 0. The minimum absolute atomic E-state index is 0.159. The van der Waals surface area contributed by atoms with Crippen molar-refractivity contribution in [1.82, 2.24) is 0 Å². The SMILES string of the molecule is O=C(CC1CCC(C(=O)O)CC1)c1ccc(Br)cc1. The van der Waals surface area contributed by atoms with Crippen LogP contribution in [0.2, 0.25) is 0 Å². The third-order valence-corrected chi connectivity index (χ3v) is 4.36. The monoisotopic (exact) mass is 324 g/mol. The van der Waals surface area contributed by atoms with E-state index in [9.17, 15) is 9.59 Å². The summed E-state index contributed by atoms with van der Waals surface area (Å²) in [7, 11) is 0. The van der Waals surface area contributed by atoms with E-state index in [-0.39, 0.29) is 11.7 Å². The molecule has 0 heterocycles. The van der Waals surface area contributed by atoms with Crippen LogP contribution in [-0.2, 0) is 4.79 Å². The lowest BCUT2D eigenvalue weighted by Gasteiger charge is -2.25. The van der Waals surface area contributed by atoms with Gasteiger partial charge >= 0.3 is 5.97 Å². The largest absolute Gasteiger partial charge is 0.481 e. The van der Waals surface area contributed by atoms with Gasteiger partial charge < -0.3 is 5.11 Å². The van der Waals surface area contributed by atoms with Crippen LogP contribution in [0.3, 0.4) is 0 Å². The molecule has 0 saturated heterocycles. The summed E-state index contributed by atoms with van der Waals surface area (Å²) in [5.41, 5.74) is 0.739. The minimum atomic E-state index is -0.697. The van der Waals surface area contributed by atoms with Crippen LogP contribution >= 0.6 is 15.9 Å². The number of hydrogen-bond donors (Lipinski definition) is 1. The quantitative estimate of drug-likeness (QED) is 0.854. The van der Waals surface area contributed by atoms with Crippen LogP contribution in [0, 0.1) is 11.8 Å². The summed E-state index contributed by atoms with van der Waals surface area (Å²) in [6, 6.07) is 7.40. The first kappa shape index (κ1) is 14.3. The van der Waals surface area contributed by atoms with E-state index in [1.165, 1.54) is 0 Å². The highest BCUT2D eigenvalue weighted by molar-refractivity contribution is 9.10. The van der Waals surface area contributed by atoms with Crippen molar-refractivity contribution < 1.29 is 14.7 Å². The molecule has 1 aromatic rings. The fourth-order valence-electron chi connectivity index (χ4n) is 2.63. The highest BCUT2D eigenvalue weighted by atomic mass is 79.9. The normalized spacial score (nSPS) is 23.0. The van der Waals surface area contributed by atoms with Crippen LogP contribution < -0.4 is 0 Å². The number of ketones is 1. The van der Waals surface area contributed by atoms with Crippen molar-refractivity contribution in [2.45, 2.75) is 32.1 Å². The maximum absolute atomic E-state index is 12.1. The molecule has 0 unspecified atom stereocenters. The van der Waals surface area contributed by atoms with E-state index in [0.717, 1.165) is 22.9 Å². The second kappa shape index (κ2) is 6.33. The molecule has 1 N–H and O–H groups in total. The van der Waals surface area contributed by atoms with Crippen LogP contribution in [0.1, 0.15) is 42.5 Å². The second-order valence-corrected chi connectivity index (χ2v) is 6.11. The van der Waals surface area contributed by atoms with Gasteiger partial charge in [-0.05, 0) is 43.7 Å². The average molecular weight is 325 g/mol. The fraction of sp³-hybridized carbons (Fsp3) is 0.467. The number of hydrogen-bond acceptors (Lipinski definition) is 2. The first-order valence-corrected chi connectivity index (χ1v) is 7.37. The molecule has 3 nitrogen and oxygen atoms in total. The zero-order valence-corrected chi connectivity index (χ0v) is 12.2. The molecular formula is C15H17BrO3. The molecule has 0 bridgehead atoms. The number of Topliss-reactive ketones (excluding diaryl/α,β-unsaturated/α-hetero) is 1. The Morgan fingerprint density at radius 1 is 1.11 bits per heavy atom. The van der Waals surface area contributed by atoms with Crippen molar-refractivity contribution in [3.05, 3.63) is 34.3 Å². The van der Waals surface area contributed by atoms with E-state index in [4.69, 9.17) is 5.11 Å². The number of benzene rings is 1. The first-order valence-electron chi connectivity index (χ1n) is 6.58. The van der Waals surface area contributed by atoms with Crippen molar-refractivity contribution in [3.63, 3.8) is 0 Å². The maximum Gasteiger partial charge on any atom is 0.306 e. The summed E-state index contributed by atoms with van der Waals surface area (Å²) in [5.74, 6) is -0.408. The lowest BCUT2D eigenvalue weighted by Crippen LogP contribution is -2.22. The Morgan fingerprint density at radius 3 is 2.21 bits per heavy atom. The molecule has 0 aliphatic heterocycles. The lowest BCUT2D eigenvalue weighted by atomic mass is 9.79. The van der Waals surface area contributed by atoms with Gasteiger partial charge in [0, 0.05) is 16.5 Å². The molecule has 0 atom stereocenters. The third-order valence-electron chi connectivity index (χ3n) is 3.84. The van der Waals surface area contributed by atoms with Gasteiger partial charge in [0.2, 0.25) is 0 Å². The standard InChI is InChI=1S/C15H17BrO3/c16-13-7-5-11(6-8-13)14(17)9-10-1-3-12(4-2-10)15(18)19/h5-8,10,12H,1-4,9H2,(H,18,19). The zero-order valence-electron chi connectivity index (χ0n) is 10.6. The van der Waals surface area contributed by atoms with Crippen molar-refractivity contribution in [2.75, 3.05) is 0 Å². The zero-order chi connectivity index (χ0) is 13.8. The third kappa shape index (κ3) is 3.90. The summed E-state index contributed by atoms with van der Waals surface area (Å²) < 4.78 is 0.964. The highest BCUT2D eigenvalue weighted by Crippen LogP contribution is 2.31. The van der Waals surface area contributed by atoms with Crippen LogP contribution in [0.4, 0.5) is 0 Å². The minimum Gasteiger partial charge on any atom is -0.481 e. The van der Waals surface area contributed by atoms with Gasteiger partial charge in [-0.1, -0.05) is 28.1 Å². The molecule has 4 heteroatoms. The van der Waals surface area contributed by atoms with Gasteiger partial charge in [-0.3, -0.25) is 9.59 Å². The van der Waals surface area contributed by atoms with Gasteiger partial charge in [-0.25, -0.2) is 0 Å². The van der Waals surface area contributed by atoms with Gasteiger partial charge in [0.25, 0.3) is 0 Å². The highest BCUT2D eigenvalue weighted by Gasteiger charge is 2.27. The van der Waals surface area contributed by atoms with Gasteiger partial charge in [0.1, 0.15) is 0 Å². The number of carbonyl (C=O) groups is 2. The van der Waals surface area contributed by atoms with Crippen LogP contribution in [0.5, 0.6) is 0 Å². The van der Waals surface area contributed by atoms with Gasteiger partial charge in [0.05, 0.1) is 5.92 Å². The summed E-state index contributed by atoms with van der Waals surface area (Å²) in [4.78, 5) is 23.0. The molecule has 1 aromatic carbocycles. The van der Waals surface area contributed by atoms with E-state index in [1.54, 1.807) is 0 Å². The molecule has 102 valence electrons. The van der Waals surface area contributed by atoms with Crippen LogP contribution in [0.25, 0.3) is 0 Å². The maximum atomic E-state index is 12.1. The summed E-state index contributed by atoms with van der Waals surface area (Å²) in [5, 5.41) is 8.94. The predicted octanol–water partition coefficient (Wildman–Crippen LogP) is 3.91. The number of carbonyl (C=O) groups excluding carboxylic acids is 1. The number of aliphatic carboxylic acids is 1. The Bertz CT molecular complexity index is 459. The van der Waals surface area contributed by atoms with E-state index in [1.807, 2.05) is 24.3 Å². The number of carboxylic acid groups (broad SMARTS) is 1. The van der Waals surface area contributed by atoms with E-state index >= 15 is 0 Å². The average Bonchev–Trinajstić information content (AvgIpc) is 2.40. The molecule has 0 spiro atoms. The Kier molecular flexibility index (Phi) is 4.75.